The number of hydrogen-bond donors (Lipinski definition) is 2. The molecule has 2 N–H and O–H groups in total. The average Bonchev–Trinajstić information content (AvgIpc) is 2.89. The fraction of sp³-hybridized carbons (Fsp3) is 0.571. The van der Waals surface area contributed by atoms with Gasteiger partial charge in [-0.1, -0.05) is 13.3 Å². The number of pyridine rings is 1. The Balaban J connectivity index is 2.06. The molecule has 0 amide bonds. The van der Waals surface area contributed by atoms with Gasteiger partial charge in [0.15, 0.2) is 0 Å². The van der Waals surface area contributed by atoms with E-state index < -0.39 is 5.97 Å². The predicted molar refractivity (Wildman–Crippen MR) is 79.1 cm³/mol. The zero-order valence-electron chi connectivity index (χ0n) is 11.2. The van der Waals surface area contributed by atoms with Crippen LogP contribution in [0.2, 0.25) is 0 Å². The summed E-state index contributed by atoms with van der Waals surface area (Å²) in [4.78, 5) is 15.6. The third-order valence-corrected chi connectivity index (χ3v) is 4.46. The molecule has 0 radical (unpaired) electrons. The summed E-state index contributed by atoms with van der Waals surface area (Å²) in [6.07, 6.45) is 3.02. The second-order valence-corrected chi connectivity index (χ2v) is 6.05. The number of thioether (sulfide) groups is 1. The molecule has 2 heterocycles. The number of aromatic carboxylic acids is 1. The normalized spacial score (nSPS) is 18.5. The van der Waals surface area contributed by atoms with Crippen molar-refractivity contribution < 1.29 is 9.90 Å². The molecule has 4 nitrogen and oxygen atoms in total. The molecule has 1 fully saturated rings. The van der Waals surface area contributed by atoms with Crippen LogP contribution in [0.1, 0.15) is 35.8 Å². The van der Waals surface area contributed by atoms with E-state index in [0.717, 1.165) is 25.1 Å². The molecule has 0 spiro atoms. The molecular weight excluding hydrogens is 260 g/mol. The molecule has 0 saturated carbocycles. The maximum Gasteiger partial charge on any atom is 0.335 e. The van der Waals surface area contributed by atoms with Crippen LogP contribution in [-0.4, -0.2) is 34.1 Å². The fourth-order valence-electron chi connectivity index (χ4n) is 2.18. The first-order chi connectivity index (χ1) is 9.19. The van der Waals surface area contributed by atoms with Gasteiger partial charge in [-0.3, -0.25) is 0 Å². The lowest BCUT2D eigenvalue weighted by atomic mass is 10.1. The monoisotopic (exact) mass is 280 g/mol. The predicted octanol–water partition coefficient (Wildman–Crippen LogP) is 2.90. The number of aryl methyl sites for hydroxylation is 1. The SMILES string of the molecule is CCCc1cc(C(=O)O)cc(NCC2CCSC2)n1. The van der Waals surface area contributed by atoms with Crippen LogP contribution in [0.15, 0.2) is 12.1 Å². The van der Waals surface area contributed by atoms with Gasteiger partial charge in [0.2, 0.25) is 0 Å². The van der Waals surface area contributed by atoms with Gasteiger partial charge in [-0.2, -0.15) is 11.8 Å². The molecule has 0 bridgehead atoms. The maximum atomic E-state index is 11.1. The van der Waals surface area contributed by atoms with E-state index >= 15 is 0 Å². The number of hydrogen-bond acceptors (Lipinski definition) is 4. The number of nitrogens with zero attached hydrogens (tertiary/aromatic N) is 1. The number of nitrogens with one attached hydrogen (secondary N) is 1. The quantitative estimate of drug-likeness (QED) is 0.839. The minimum absolute atomic E-state index is 0.321. The lowest BCUT2D eigenvalue weighted by Gasteiger charge is -2.12. The van der Waals surface area contributed by atoms with Crippen molar-refractivity contribution in [3.8, 4) is 0 Å². The van der Waals surface area contributed by atoms with Crippen molar-refractivity contribution in [2.45, 2.75) is 26.2 Å². The van der Waals surface area contributed by atoms with Gasteiger partial charge in [0.05, 0.1) is 5.56 Å². The van der Waals surface area contributed by atoms with Crippen LogP contribution in [0, 0.1) is 5.92 Å². The third-order valence-electron chi connectivity index (χ3n) is 3.23. The maximum absolute atomic E-state index is 11.1. The van der Waals surface area contributed by atoms with Gasteiger partial charge >= 0.3 is 5.97 Å². The summed E-state index contributed by atoms with van der Waals surface area (Å²) in [5.74, 6) is 2.90. The number of carboxylic acids is 1. The first-order valence-corrected chi connectivity index (χ1v) is 7.90. The summed E-state index contributed by atoms with van der Waals surface area (Å²) in [6, 6.07) is 3.30. The lowest BCUT2D eigenvalue weighted by molar-refractivity contribution is 0.0696. The third kappa shape index (κ3) is 4.13. The molecule has 1 saturated heterocycles. The van der Waals surface area contributed by atoms with Crippen LogP contribution in [0.3, 0.4) is 0 Å². The highest BCUT2D eigenvalue weighted by molar-refractivity contribution is 7.99. The van der Waals surface area contributed by atoms with Gasteiger partial charge in [-0.15, -0.1) is 0 Å². The van der Waals surface area contributed by atoms with Crippen molar-refractivity contribution in [2.75, 3.05) is 23.4 Å². The number of anilines is 1. The Morgan fingerprint density at radius 3 is 3.05 bits per heavy atom. The van der Waals surface area contributed by atoms with E-state index in [4.69, 9.17) is 5.11 Å². The highest BCUT2D eigenvalue weighted by Crippen LogP contribution is 2.23. The fourth-order valence-corrected chi connectivity index (χ4v) is 3.46. The van der Waals surface area contributed by atoms with E-state index in [0.29, 0.717) is 17.3 Å². The van der Waals surface area contributed by atoms with Crippen molar-refractivity contribution in [1.82, 2.24) is 4.98 Å². The molecule has 5 heteroatoms. The van der Waals surface area contributed by atoms with Gasteiger partial charge < -0.3 is 10.4 Å². The Labute approximate surface area is 118 Å². The minimum Gasteiger partial charge on any atom is -0.478 e. The smallest absolute Gasteiger partial charge is 0.335 e. The summed E-state index contributed by atoms with van der Waals surface area (Å²) in [7, 11) is 0. The largest absolute Gasteiger partial charge is 0.478 e. The van der Waals surface area contributed by atoms with E-state index in [2.05, 4.69) is 17.2 Å². The molecule has 104 valence electrons. The van der Waals surface area contributed by atoms with Crippen molar-refractivity contribution in [1.29, 1.82) is 0 Å². The number of rotatable bonds is 6. The van der Waals surface area contributed by atoms with E-state index in [9.17, 15) is 4.79 Å². The number of carboxylic acid groups (broad SMARTS) is 1. The second-order valence-electron chi connectivity index (χ2n) is 4.90. The van der Waals surface area contributed by atoms with Gasteiger partial charge in [0.1, 0.15) is 5.82 Å². The first kappa shape index (κ1) is 14.2. The summed E-state index contributed by atoms with van der Waals surface area (Å²) < 4.78 is 0. The molecule has 1 unspecified atom stereocenters. The van der Waals surface area contributed by atoms with Gasteiger partial charge in [0.25, 0.3) is 0 Å². The topological polar surface area (TPSA) is 62.2 Å². The molecule has 1 aliphatic rings. The van der Waals surface area contributed by atoms with Crippen molar-refractivity contribution in [3.63, 3.8) is 0 Å². The van der Waals surface area contributed by atoms with E-state index in [-0.39, 0.29) is 0 Å². The standard InChI is InChI=1S/C14H20N2O2S/c1-2-3-12-6-11(14(17)18)7-13(16-12)15-8-10-4-5-19-9-10/h6-7,10H,2-5,8-9H2,1H3,(H,15,16)(H,17,18). The minimum atomic E-state index is -0.890. The molecule has 1 aliphatic heterocycles. The average molecular weight is 280 g/mol. The molecule has 19 heavy (non-hydrogen) atoms. The van der Waals surface area contributed by atoms with Crippen LogP contribution >= 0.6 is 11.8 Å². The summed E-state index contributed by atoms with van der Waals surface area (Å²) >= 11 is 1.98. The van der Waals surface area contributed by atoms with Crippen molar-refractivity contribution >= 4 is 23.5 Å². The molecule has 0 aromatic carbocycles. The molecular formula is C14H20N2O2S. The zero-order valence-corrected chi connectivity index (χ0v) is 12.0. The van der Waals surface area contributed by atoms with Crippen LogP contribution in [-0.2, 0) is 6.42 Å². The number of aromatic nitrogens is 1. The highest BCUT2D eigenvalue weighted by Gasteiger charge is 2.15. The highest BCUT2D eigenvalue weighted by atomic mass is 32.2. The number of carbonyl (C=O) groups is 1. The van der Waals surface area contributed by atoms with Crippen LogP contribution in [0.25, 0.3) is 0 Å². The van der Waals surface area contributed by atoms with Crippen molar-refractivity contribution in [3.05, 3.63) is 23.4 Å². The van der Waals surface area contributed by atoms with E-state index in [1.54, 1.807) is 12.1 Å². The van der Waals surface area contributed by atoms with Gasteiger partial charge in [-0.05, 0) is 42.4 Å². The Morgan fingerprint density at radius 2 is 2.42 bits per heavy atom. The Kier molecular flexibility index (Phi) is 5.07. The molecule has 1 atom stereocenters. The first-order valence-electron chi connectivity index (χ1n) is 6.75. The van der Waals surface area contributed by atoms with Crippen LogP contribution in [0.4, 0.5) is 5.82 Å². The van der Waals surface area contributed by atoms with Crippen LogP contribution < -0.4 is 5.32 Å². The Hall–Kier alpha value is -1.23. The van der Waals surface area contributed by atoms with E-state index in [1.807, 2.05) is 11.8 Å². The zero-order chi connectivity index (χ0) is 13.7. The molecule has 0 aliphatic carbocycles. The van der Waals surface area contributed by atoms with Crippen LogP contribution in [0.5, 0.6) is 0 Å². The summed E-state index contributed by atoms with van der Waals surface area (Å²) in [5, 5.41) is 12.4. The Morgan fingerprint density at radius 1 is 1.58 bits per heavy atom. The molecule has 1 aromatic rings. The van der Waals surface area contributed by atoms with Crippen molar-refractivity contribution in [2.24, 2.45) is 5.92 Å². The van der Waals surface area contributed by atoms with Gasteiger partial charge in [0, 0.05) is 12.2 Å². The Bertz CT molecular complexity index is 445. The summed E-state index contributed by atoms with van der Waals surface area (Å²) in [6.45, 7) is 2.95. The molecule has 1 aromatic heterocycles. The summed E-state index contributed by atoms with van der Waals surface area (Å²) in [5.41, 5.74) is 1.17. The lowest BCUT2D eigenvalue weighted by Crippen LogP contribution is -2.15. The van der Waals surface area contributed by atoms with Gasteiger partial charge in [-0.25, -0.2) is 9.78 Å². The second kappa shape index (κ2) is 6.80. The van der Waals surface area contributed by atoms with E-state index in [1.165, 1.54) is 17.9 Å². The molecule has 2 rings (SSSR count).